The quantitative estimate of drug-likeness (QED) is 0.526. The molecule has 0 bridgehead atoms. The van der Waals surface area contributed by atoms with Crippen LogP contribution in [0.5, 0.6) is 0 Å². The van der Waals surface area contributed by atoms with E-state index < -0.39 is 0 Å². The van der Waals surface area contributed by atoms with Gasteiger partial charge in [0, 0.05) is 18.1 Å². The van der Waals surface area contributed by atoms with Crippen LogP contribution in [-0.2, 0) is 12.3 Å². The largest absolute Gasteiger partial charge is 0.467 e. The molecule has 4 heterocycles. The van der Waals surface area contributed by atoms with Gasteiger partial charge in [-0.1, -0.05) is 29.2 Å². The molecule has 0 aromatic carbocycles. The molecule has 0 spiro atoms. The van der Waals surface area contributed by atoms with Crippen molar-refractivity contribution in [2.75, 3.05) is 5.32 Å². The summed E-state index contributed by atoms with van der Waals surface area (Å²) in [4.78, 5) is 4.62. The van der Waals surface area contributed by atoms with E-state index >= 15 is 0 Å². The molecule has 4 rings (SSSR count). The summed E-state index contributed by atoms with van der Waals surface area (Å²) in [6, 6.07) is 7.90. The lowest BCUT2D eigenvalue weighted by Crippen LogP contribution is -1.96. The van der Waals surface area contributed by atoms with Crippen LogP contribution in [0.2, 0.25) is 0 Å². The summed E-state index contributed by atoms with van der Waals surface area (Å²) < 4.78 is 8.26. The molecule has 0 saturated carbocycles. The van der Waals surface area contributed by atoms with Gasteiger partial charge in [0.15, 0.2) is 4.34 Å². The number of anilines is 1. The maximum absolute atomic E-state index is 5.28. The lowest BCUT2D eigenvalue weighted by molar-refractivity contribution is 0.518. The zero-order valence-electron chi connectivity index (χ0n) is 13.0. The van der Waals surface area contributed by atoms with E-state index in [0.717, 1.165) is 32.3 Å². The number of rotatable bonds is 6. The van der Waals surface area contributed by atoms with Crippen molar-refractivity contribution in [1.29, 1.82) is 0 Å². The summed E-state index contributed by atoms with van der Waals surface area (Å²) in [5.74, 6) is 1.65. The van der Waals surface area contributed by atoms with Crippen LogP contribution < -0.4 is 5.32 Å². The van der Waals surface area contributed by atoms with Gasteiger partial charge < -0.3 is 14.1 Å². The first kappa shape index (κ1) is 15.2. The Morgan fingerprint density at radius 2 is 2.21 bits per heavy atom. The van der Waals surface area contributed by atoms with E-state index in [1.54, 1.807) is 18.0 Å². The maximum Gasteiger partial charge on any atom is 0.206 e. The number of imidazole rings is 1. The van der Waals surface area contributed by atoms with Crippen molar-refractivity contribution in [1.82, 2.24) is 19.6 Å². The molecular weight excluding hydrogens is 342 g/mol. The summed E-state index contributed by atoms with van der Waals surface area (Å²) in [6.07, 6.45) is 5.80. The Labute approximate surface area is 146 Å². The Morgan fingerprint density at radius 3 is 3.08 bits per heavy atom. The normalized spacial score (nSPS) is 11.2. The summed E-state index contributed by atoms with van der Waals surface area (Å²) in [7, 11) is 0. The molecule has 0 radical (unpaired) electrons. The Kier molecular flexibility index (Phi) is 4.22. The Hall–Kier alpha value is -2.32. The van der Waals surface area contributed by atoms with Gasteiger partial charge >= 0.3 is 0 Å². The number of nitrogens with one attached hydrogen (secondary N) is 1. The van der Waals surface area contributed by atoms with Gasteiger partial charge in [0.2, 0.25) is 5.13 Å². The van der Waals surface area contributed by atoms with Gasteiger partial charge in [-0.05, 0) is 30.7 Å². The molecule has 0 saturated heterocycles. The number of fused-ring (bicyclic) bond motifs is 1. The van der Waals surface area contributed by atoms with E-state index in [2.05, 4.69) is 50.3 Å². The molecule has 0 aliphatic rings. The summed E-state index contributed by atoms with van der Waals surface area (Å²) in [6.45, 7) is 2.68. The minimum Gasteiger partial charge on any atom is -0.467 e. The second-order valence-corrected chi connectivity index (χ2v) is 7.50. The van der Waals surface area contributed by atoms with Gasteiger partial charge in [0.25, 0.3) is 0 Å². The Balaban J connectivity index is 1.36. The van der Waals surface area contributed by atoms with Crippen molar-refractivity contribution in [3.05, 3.63) is 59.9 Å². The van der Waals surface area contributed by atoms with Crippen molar-refractivity contribution in [3.8, 4) is 0 Å². The number of aryl methyl sites for hydroxylation is 1. The lowest BCUT2D eigenvalue weighted by Gasteiger charge is -1.96. The average Bonchev–Trinajstić information content (AvgIpc) is 3.31. The van der Waals surface area contributed by atoms with Crippen LogP contribution in [0.15, 0.2) is 51.7 Å². The minimum absolute atomic E-state index is 0.609. The van der Waals surface area contributed by atoms with E-state index in [4.69, 9.17) is 4.42 Å². The van der Waals surface area contributed by atoms with Crippen LogP contribution in [0.25, 0.3) is 5.65 Å². The third kappa shape index (κ3) is 3.44. The van der Waals surface area contributed by atoms with E-state index in [1.807, 2.05) is 18.2 Å². The number of aromatic nitrogens is 4. The highest BCUT2D eigenvalue weighted by molar-refractivity contribution is 8.00. The summed E-state index contributed by atoms with van der Waals surface area (Å²) in [5.41, 5.74) is 3.22. The summed E-state index contributed by atoms with van der Waals surface area (Å²) >= 11 is 3.18. The Bertz CT molecular complexity index is 945. The molecule has 8 heteroatoms. The fraction of sp³-hybridized carbons (Fsp3) is 0.188. The highest BCUT2D eigenvalue weighted by Crippen LogP contribution is 2.28. The zero-order chi connectivity index (χ0) is 16.4. The van der Waals surface area contributed by atoms with Gasteiger partial charge in [-0.15, -0.1) is 10.2 Å². The molecule has 1 N–H and O–H groups in total. The Morgan fingerprint density at radius 1 is 1.25 bits per heavy atom. The maximum atomic E-state index is 5.28. The van der Waals surface area contributed by atoms with Crippen LogP contribution in [0.1, 0.15) is 17.0 Å². The molecule has 0 aliphatic carbocycles. The SMILES string of the molecule is Cc1ccc2nc(CSc3nnc(NCc4ccco4)s3)cn2c1. The first-order valence-electron chi connectivity index (χ1n) is 7.43. The standard InChI is InChI=1S/C16H15N5OS2/c1-11-4-5-14-18-12(9-21(14)8-11)10-23-16-20-19-15(24-16)17-7-13-3-2-6-22-13/h2-6,8-9H,7,10H2,1H3,(H,17,19). The molecule has 0 unspecified atom stereocenters. The molecule has 122 valence electrons. The second kappa shape index (κ2) is 6.66. The lowest BCUT2D eigenvalue weighted by atomic mass is 10.3. The molecule has 6 nitrogen and oxygen atoms in total. The first-order valence-corrected chi connectivity index (χ1v) is 9.23. The smallest absolute Gasteiger partial charge is 0.206 e. The number of furan rings is 1. The molecule has 4 aromatic heterocycles. The first-order chi connectivity index (χ1) is 11.8. The molecule has 24 heavy (non-hydrogen) atoms. The predicted molar refractivity (Wildman–Crippen MR) is 95.4 cm³/mol. The van der Waals surface area contributed by atoms with Crippen LogP contribution in [-0.4, -0.2) is 19.6 Å². The predicted octanol–water partition coefficient (Wildman–Crippen LogP) is 3.99. The van der Waals surface area contributed by atoms with Gasteiger partial charge in [0.1, 0.15) is 11.4 Å². The third-order valence-electron chi connectivity index (χ3n) is 3.39. The molecular formula is C16H15N5OS2. The molecule has 0 atom stereocenters. The van der Waals surface area contributed by atoms with Gasteiger partial charge in [0.05, 0.1) is 18.5 Å². The topological polar surface area (TPSA) is 68.2 Å². The number of thioether (sulfide) groups is 1. The van der Waals surface area contributed by atoms with E-state index in [1.165, 1.54) is 16.9 Å². The number of hydrogen-bond acceptors (Lipinski definition) is 7. The highest BCUT2D eigenvalue weighted by atomic mass is 32.2. The van der Waals surface area contributed by atoms with Crippen LogP contribution in [0, 0.1) is 6.92 Å². The zero-order valence-corrected chi connectivity index (χ0v) is 14.6. The van der Waals surface area contributed by atoms with Gasteiger partial charge in [-0.2, -0.15) is 0 Å². The highest BCUT2D eigenvalue weighted by Gasteiger charge is 2.08. The fourth-order valence-electron chi connectivity index (χ4n) is 2.28. The number of pyridine rings is 1. The van der Waals surface area contributed by atoms with Crippen molar-refractivity contribution >= 4 is 33.9 Å². The molecule has 0 amide bonds. The third-order valence-corrected chi connectivity index (χ3v) is 5.44. The van der Waals surface area contributed by atoms with Crippen LogP contribution in [0.3, 0.4) is 0 Å². The van der Waals surface area contributed by atoms with Crippen molar-refractivity contribution in [2.24, 2.45) is 0 Å². The number of hydrogen-bond donors (Lipinski definition) is 1. The molecule has 0 aliphatic heterocycles. The van der Waals surface area contributed by atoms with Crippen molar-refractivity contribution in [2.45, 2.75) is 23.6 Å². The molecule has 0 fully saturated rings. The van der Waals surface area contributed by atoms with Gasteiger partial charge in [-0.25, -0.2) is 4.98 Å². The fourth-order valence-corrected chi connectivity index (χ4v) is 3.91. The average molecular weight is 357 g/mol. The minimum atomic E-state index is 0.609. The van der Waals surface area contributed by atoms with Gasteiger partial charge in [-0.3, -0.25) is 0 Å². The van der Waals surface area contributed by atoms with Crippen molar-refractivity contribution in [3.63, 3.8) is 0 Å². The van der Waals surface area contributed by atoms with E-state index in [0.29, 0.717) is 6.54 Å². The molecule has 4 aromatic rings. The van der Waals surface area contributed by atoms with E-state index in [-0.39, 0.29) is 0 Å². The monoisotopic (exact) mass is 357 g/mol. The second-order valence-electron chi connectivity index (χ2n) is 5.30. The van der Waals surface area contributed by atoms with E-state index in [9.17, 15) is 0 Å². The van der Waals surface area contributed by atoms with Crippen molar-refractivity contribution < 1.29 is 4.42 Å². The van der Waals surface area contributed by atoms with Crippen LogP contribution in [0.4, 0.5) is 5.13 Å². The van der Waals surface area contributed by atoms with Crippen LogP contribution >= 0.6 is 23.1 Å². The number of nitrogens with zero attached hydrogens (tertiary/aromatic N) is 4. The summed E-state index contributed by atoms with van der Waals surface area (Å²) in [5, 5.41) is 12.4.